The zero-order chi connectivity index (χ0) is 9.68. The van der Waals surface area contributed by atoms with Gasteiger partial charge < -0.3 is 4.74 Å². The fourth-order valence-electron chi connectivity index (χ4n) is 1.02. The topological polar surface area (TPSA) is 26.3 Å². The van der Waals surface area contributed by atoms with Gasteiger partial charge in [0, 0.05) is 0 Å². The van der Waals surface area contributed by atoms with Crippen LogP contribution in [0.15, 0.2) is 30.3 Å². The molecule has 3 heteroatoms. The molecule has 13 heavy (non-hydrogen) atoms. The summed E-state index contributed by atoms with van der Waals surface area (Å²) in [7, 11) is 0. The Balaban J connectivity index is 2.59. The molecule has 0 saturated carbocycles. The van der Waals surface area contributed by atoms with Crippen molar-refractivity contribution in [1.82, 2.24) is 0 Å². The van der Waals surface area contributed by atoms with Crippen LogP contribution in [0.5, 0.6) is 0 Å². The molecule has 0 bridgehead atoms. The zero-order valence-electron chi connectivity index (χ0n) is 7.37. The summed E-state index contributed by atoms with van der Waals surface area (Å²) in [6.45, 7) is 1.86. The van der Waals surface area contributed by atoms with Gasteiger partial charge in [0.1, 0.15) is 11.4 Å². The van der Waals surface area contributed by atoms with E-state index >= 15 is 0 Å². The Hall–Kier alpha value is -0.830. The van der Waals surface area contributed by atoms with E-state index in [-0.39, 0.29) is 17.4 Å². The van der Waals surface area contributed by atoms with Gasteiger partial charge in [0.15, 0.2) is 0 Å². The van der Waals surface area contributed by atoms with Crippen LogP contribution in [0.4, 0.5) is 0 Å². The van der Waals surface area contributed by atoms with Crippen LogP contribution >= 0.6 is 15.9 Å². The molecule has 0 fully saturated rings. The lowest BCUT2D eigenvalue weighted by molar-refractivity contribution is -0.145. The van der Waals surface area contributed by atoms with Crippen molar-refractivity contribution in [3.8, 4) is 0 Å². The van der Waals surface area contributed by atoms with Gasteiger partial charge in [-0.25, -0.2) is 0 Å². The van der Waals surface area contributed by atoms with Gasteiger partial charge >= 0.3 is 5.97 Å². The molecule has 1 aromatic rings. The fraction of sp³-hybridized carbons (Fsp3) is 0.300. The molecule has 0 aliphatic heterocycles. The Morgan fingerprint density at radius 1 is 1.46 bits per heavy atom. The molecule has 1 unspecified atom stereocenters. The molecule has 0 saturated heterocycles. The smallest absolute Gasteiger partial charge is 0.317 e. The van der Waals surface area contributed by atoms with Crippen molar-refractivity contribution < 1.29 is 9.53 Å². The van der Waals surface area contributed by atoms with E-state index in [4.69, 9.17) is 4.74 Å². The van der Waals surface area contributed by atoms with Crippen molar-refractivity contribution in [3.63, 3.8) is 0 Å². The summed E-state index contributed by atoms with van der Waals surface area (Å²) in [6.07, 6.45) is -0.175. The van der Waals surface area contributed by atoms with E-state index in [1.807, 2.05) is 37.3 Å². The molecule has 0 spiro atoms. The van der Waals surface area contributed by atoms with E-state index in [0.29, 0.717) is 0 Å². The van der Waals surface area contributed by atoms with E-state index in [9.17, 15) is 4.79 Å². The number of ether oxygens (including phenoxy) is 1. The van der Waals surface area contributed by atoms with Crippen LogP contribution in [0.3, 0.4) is 0 Å². The normalized spacial score (nSPS) is 12.2. The lowest BCUT2D eigenvalue weighted by Gasteiger charge is -2.11. The van der Waals surface area contributed by atoms with Crippen LogP contribution < -0.4 is 0 Å². The minimum atomic E-state index is -0.239. The maximum absolute atomic E-state index is 10.9. The Bertz CT molecular complexity index is 272. The number of benzene rings is 1. The highest BCUT2D eigenvalue weighted by molar-refractivity contribution is 9.09. The van der Waals surface area contributed by atoms with Crippen LogP contribution in [0.1, 0.15) is 18.6 Å². The Kier molecular flexibility index (Phi) is 3.96. The highest BCUT2D eigenvalue weighted by Crippen LogP contribution is 2.15. The van der Waals surface area contributed by atoms with E-state index in [0.717, 1.165) is 5.56 Å². The second-order valence-electron chi connectivity index (χ2n) is 2.68. The van der Waals surface area contributed by atoms with Crippen LogP contribution in [0, 0.1) is 0 Å². The third-order valence-electron chi connectivity index (χ3n) is 1.69. The van der Waals surface area contributed by atoms with Gasteiger partial charge in [0.05, 0.1) is 0 Å². The first-order chi connectivity index (χ1) is 6.24. The molecule has 1 rings (SSSR count). The Morgan fingerprint density at radius 3 is 2.62 bits per heavy atom. The zero-order valence-corrected chi connectivity index (χ0v) is 8.95. The molecule has 0 heterocycles. The monoisotopic (exact) mass is 242 g/mol. The van der Waals surface area contributed by atoms with Crippen molar-refractivity contribution in [2.24, 2.45) is 0 Å². The number of rotatable bonds is 3. The SMILES string of the molecule is CC(OC(=O)CBr)c1ccccc1. The van der Waals surface area contributed by atoms with Gasteiger partial charge in [0.2, 0.25) is 0 Å². The minimum Gasteiger partial charge on any atom is -0.457 e. The number of esters is 1. The molecule has 1 atom stereocenters. The number of halogens is 1. The lowest BCUT2D eigenvalue weighted by Crippen LogP contribution is -2.09. The predicted molar refractivity (Wildman–Crippen MR) is 54.7 cm³/mol. The second-order valence-corrected chi connectivity index (χ2v) is 3.24. The largest absolute Gasteiger partial charge is 0.457 e. The van der Waals surface area contributed by atoms with Gasteiger partial charge in [-0.1, -0.05) is 46.3 Å². The van der Waals surface area contributed by atoms with Crippen LogP contribution in [0.25, 0.3) is 0 Å². The van der Waals surface area contributed by atoms with Gasteiger partial charge in [-0.05, 0) is 12.5 Å². The summed E-state index contributed by atoms with van der Waals surface area (Å²) in [4.78, 5) is 10.9. The standard InChI is InChI=1S/C10H11BrO2/c1-8(13-10(12)7-11)9-5-3-2-4-6-9/h2-6,8H,7H2,1H3. The molecule has 0 aromatic heterocycles. The first-order valence-corrected chi connectivity index (χ1v) is 5.16. The molecule has 0 aliphatic rings. The van der Waals surface area contributed by atoms with Crippen molar-refractivity contribution >= 4 is 21.9 Å². The van der Waals surface area contributed by atoms with E-state index in [1.165, 1.54) is 0 Å². The third-order valence-corrected chi connectivity index (χ3v) is 2.14. The fourth-order valence-corrected chi connectivity index (χ4v) is 1.15. The number of carbonyl (C=O) groups is 1. The molecule has 0 radical (unpaired) electrons. The van der Waals surface area contributed by atoms with Crippen molar-refractivity contribution in [3.05, 3.63) is 35.9 Å². The quantitative estimate of drug-likeness (QED) is 0.602. The summed E-state index contributed by atoms with van der Waals surface area (Å²) in [6, 6.07) is 9.66. The van der Waals surface area contributed by atoms with Crippen molar-refractivity contribution in [2.45, 2.75) is 13.0 Å². The third kappa shape index (κ3) is 3.19. The number of hydrogen-bond acceptors (Lipinski definition) is 2. The predicted octanol–water partition coefficient (Wildman–Crippen LogP) is 2.69. The Morgan fingerprint density at radius 2 is 2.08 bits per heavy atom. The molecule has 70 valence electrons. The first kappa shape index (κ1) is 10.3. The molecular formula is C10H11BrO2. The maximum Gasteiger partial charge on any atom is 0.317 e. The van der Waals surface area contributed by atoms with Crippen LogP contribution in [-0.4, -0.2) is 11.3 Å². The second kappa shape index (κ2) is 5.02. The Labute approximate surface area is 86.0 Å². The molecule has 2 nitrogen and oxygen atoms in total. The molecule has 0 N–H and O–H groups in total. The number of alkyl halides is 1. The average Bonchev–Trinajstić information content (AvgIpc) is 2.19. The van der Waals surface area contributed by atoms with Crippen molar-refractivity contribution in [1.29, 1.82) is 0 Å². The minimum absolute atomic E-state index is 0.175. The van der Waals surface area contributed by atoms with Crippen LogP contribution in [-0.2, 0) is 9.53 Å². The highest BCUT2D eigenvalue weighted by Gasteiger charge is 2.09. The highest BCUT2D eigenvalue weighted by atomic mass is 79.9. The van der Waals surface area contributed by atoms with E-state index < -0.39 is 0 Å². The van der Waals surface area contributed by atoms with E-state index in [1.54, 1.807) is 0 Å². The average molecular weight is 243 g/mol. The van der Waals surface area contributed by atoms with Crippen LogP contribution in [0.2, 0.25) is 0 Å². The summed E-state index contributed by atoms with van der Waals surface area (Å²) in [5.74, 6) is -0.239. The van der Waals surface area contributed by atoms with Gasteiger partial charge in [-0.3, -0.25) is 4.79 Å². The lowest BCUT2D eigenvalue weighted by atomic mass is 10.1. The summed E-state index contributed by atoms with van der Waals surface area (Å²) < 4.78 is 5.10. The van der Waals surface area contributed by atoms with Gasteiger partial charge in [-0.15, -0.1) is 0 Å². The first-order valence-electron chi connectivity index (χ1n) is 4.04. The molecular weight excluding hydrogens is 232 g/mol. The molecule has 1 aromatic carbocycles. The summed E-state index contributed by atoms with van der Waals surface area (Å²) in [5.41, 5.74) is 1.01. The maximum atomic E-state index is 10.9. The number of hydrogen-bond donors (Lipinski definition) is 0. The van der Waals surface area contributed by atoms with Crippen molar-refractivity contribution in [2.75, 3.05) is 5.33 Å². The van der Waals surface area contributed by atoms with E-state index in [2.05, 4.69) is 15.9 Å². The molecule has 0 amide bonds. The van der Waals surface area contributed by atoms with Gasteiger partial charge in [0.25, 0.3) is 0 Å². The number of carbonyl (C=O) groups excluding carboxylic acids is 1. The summed E-state index contributed by atoms with van der Waals surface area (Å²) >= 11 is 3.04. The summed E-state index contributed by atoms with van der Waals surface area (Å²) in [5, 5.41) is 0.240. The molecule has 0 aliphatic carbocycles. The van der Waals surface area contributed by atoms with Gasteiger partial charge in [-0.2, -0.15) is 0 Å².